The van der Waals surface area contributed by atoms with Gasteiger partial charge < -0.3 is 10.7 Å². The molecule has 1 aliphatic rings. The standard InChI is InChI=1S/C19H19N5S/c20-11-15-14(10-17(23-19(15)21)16-4-3-7-22-16)18-6-5-13(25-18)12-24-8-1-2-9-24/h3-7,10,22H,1-2,8-9,12H2,(H2,21,23). The second-order valence-corrected chi connectivity index (χ2v) is 7.43. The van der Waals surface area contributed by atoms with E-state index in [0.717, 1.165) is 28.4 Å². The molecule has 0 atom stereocenters. The third-order valence-corrected chi connectivity index (χ3v) is 5.64. The second-order valence-electron chi connectivity index (χ2n) is 6.26. The largest absolute Gasteiger partial charge is 0.383 e. The molecule has 126 valence electrons. The van der Waals surface area contributed by atoms with Crippen molar-refractivity contribution in [3.63, 3.8) is 0 Å². The first kappa shape index (κ1) is 15.9. The van der Waals surface area contributed by atoms with Gasteiger partial charge in [-0.05, 0) is 56.3 Å². The topological polar surface area (TPSA) is 81.7 Å². The molecular formula is C19H19N5S. The van der Waals surface area contributed by atoms with Gasteiger partial charge in [-0.1, -0.05) is 0 Å². The van der Waals surface area contributed by atoms with Gasteiger partial charge in [0.1, 0.15) is 17.5 Å². The van der Waals surface area contributed by atoms with Crippen LogP contribution in [-0.2, 0) is 6.54 Å². The molecule has 3 aromatic rings. The van der Waals surface area contributed by atoms with Crippen molar-refractivity contribution < 1.29 is 0 Å². The van der Waals surface area contributed by atoms with Crippen molar-refractivity contribution in [2.75, 3.05) is 18.8 Å². The first-order chi connectivity index (χ1) is 12.2. The Morgan fingerprint density at radius 3 is 2.84 bits per heavy atom. The molecule has 1 fully saturated rings. The van der Waals surface area contributed by atoms with Crippen LogP contribution in [-0.4, -0.2) is 28.0 Å². The number of hydrogen-bond donors (Lipinski definition) is 2. The Labute approximate surface area is 150 Å². The lowest BCUT2D eigenvalue weighted by molar-refractivity contribution is 0.334. The molecule has 0 radical (unpaired) electrons. The summed E-state index contributed by atoms with van der Waals surface area (Å²) in [5.74, 6) is 0.277. The molecule has 5 nitrogen and oxygen atoms in total. The van der Waals surface area contributed by atoms with Gasteiger partial charge >= 0.3 is 0 Å². The smallest absolute Gasteiger partial charge is 0.142 e. The molecular weight excluding hydrogens is 330 g/mol. The molecule has 6 heteroatoms. The lowest BCUT2D eigenvalue weighted by atomic mass is 10.1. The first-order valence-electron chi connectivity index (χ1n) is 8.40. The van der Waals surface area contributed by atoms with E-state index >= 15 is 0 Å². The van der Waals surface area contributed by atoms with Crippen LogP contribution in [0.1, 0.15) is 23.3 Å². The number of rotatable bonds is 4. The van der Waals surface area contributed by atoms with Gasteiger partial charge in [0.05, 0.1) is 11.4 Å². The van der Waals surface area contributed by atoms with E-state index in [0.29, 0.717) is 5.56 Å². The number of anilines is 1. The van der Waals surface area contributed by atoms with Crippen molar-refractivity contribution in [2.45, 2.75) is 19.4 Å². The summed E-state index contributed by atoms with van der Waals surface area (Å²) in [6, 6.07) is 12.3. The number of pyridine rings is 1. The Morgan fingerprint density at radius 2 is 2.12 bits per heavy atom. The summed E-state index contributed by atoms with van der Waals surface area (Å²) in [5, 5.41) is 9.54. The minimum Gasteiger partial charge on any atom is -0.383 e. The van der Waals surface area contributed by atoms with E-state index in [1.807, 2.05) is 24.4 Å². The molecule has 0 amide bonds. The van der Waals surface area contributed by atoms with Crippen molar-refractivity contribution in [3.8, 4) is 27.9 Å². The van der Waals surface area contributed by atoms with Crippen LogP contribution in [0.3, 0.4) is 0 Å². The summed E-state index contributed by atoms with van der Waals surface area (Å²) in [6.07, 6.45) is 4.43. The molecule has 3 aromatic heterocycles. The summed E-state index contributed by atoms with van der Waals surface area (Å²) in [6.45, 7) is 3.34. The zero-order valence-electron chi connectivity index (χ0n) is 13.8. The molecule has 1 saturated heterocycles. The van der Waals surface area contributed by atoms with E-state index in [1.54, 1.807) is 11.3 Å². The number of H-pyrrole nitrogens is 1. The number of likely N-dealkylation sites (tertiary alicyclic amines) is 1. The maximum absolute atomic E-state index is 9.54. The van der Waals surface area contributed by atoms with E-state index in [-0.39, 0.29) is 5.82 Å². The van der Waals surface area contributed by atoms with Crippen LogP contribution in [0.5, 0.6) is 0 Å². The zero-order chi connectivity index (χ0) is 17.2. The van der Waals surface area contributed by atoms with Crippen LogP contribution in [0, 0.1) is 11.3 Å². The van der Waals surface area contributed by atoms with E-state index in [2.05, 4.69) is 33.1 Å². The maximum Gasteiger partial charge on any atom is 0.142 e. The van der Waals surface area contributed by atoms with Crippen molar-refractivity contribution >= 4 is 17.2 Å². The monoisotopic (exact) mass is 349 g/mol. The van der Waals surface area contributed by atoms with Crippen molar-refractivity contribution in [2.24, 2.45) is 0 Å². The Hall–Kier alpha value is -2.62. The van der Waals surface area contributed by atoms with Crippen molar-refractivity contribution in [1.82, 2.24) is 14.9 Å². The third-order valence-electron chi connectivity index (χ3n) is 4.54. The van der Waals surface area contributed by atoms with Gasteiger partial charge in [-0.25, -0.2) is 4.98 Å². The fraction of sp³-hybridized carbons (Fsp3) is 0.263. The summed E-state index contributed by atoms with van der Waals surface area (Å²) >= 11 is 1.73. The maximum atomic E-state index is 9.54. The number of thiophene rings is 1. The van der Waals surface area contributed by atoms with Crippen molar-refractivity contribution in [3.05, 3.63) is 47.0 Å². The van der Waals surface area contributed by atoms with Crippen LogP contribution in [0.2, 0.25) is 0 Å². The minimum absolute atomic E-state index is 0.277. The second kappa shape index (κ2) is 6.71. The molecule has 4 rings (SSSR count). The average Bonchev–Trinajstić information content (AvgIpc) is 3.37. The number of nitrogens with zero attached hydrogens (tertiary/aromatic N) is 3. The molecule has 0 bridgehead atoms. The highest BCUT2D eigenvalue weighted by atomic mass is 32.1. The molecule has 0 aliphatic carbocycles. The molecule has 0 spiro atoms. The van der Waals surface area contributed by atoms with E-state index in [9.17, 15) is 5.26 Å². The van der Waals surface area contributed by atoms with Crippen LogP contribution in [0.15, 0.2) is 36.5 Å². The molecule has 0 aromatic carbocycles. The van der Waals surface area contributed by atoms with Crippen LogP contribution >= 0.6 is 11.3 Å². The fourth-order valence-corrected chi connectivity index (χ4v) is 4.35. The number of aromatic nitrogens is 2. The summed E-state index contributed by atoms with van der Waals surface area (Å²) in [5.41, 5.74) is 9.02. The van der Waals surface area contributed by atoms with Crippen LogP contribution in [0.4, 0.5) is 5.82 Å². The number of nitrogens with one attached hydrogen (secondary N) is 1. The number of nitrogen functional groups attached to an aromatic ring is 1. The molecule has 0 unspecified atom stereocenters. The van der Waals surface area contributed by atoms with E-state index in [4.69, 9.17) is 5.73 Å². The lowest BCUT2D eigenvalue weighted by Crippen LogP contribution is -2.17. The van der Waals surface area contributed by atoms with Crippen molar-refractivity contribution in [1.29, 1.82) is 5.26 Å². The molecule has 1 aliphatic heterocycles. The van der Waals surface area contributed by atoms with E-state index < -0.39 is 0 Å². The number of nitrogens with two attached hydrogens (primary N) is 1. The van der Waals surface area contributed by atoms with Gasteiger partial charge in [0.2, 0.25) is 0 Å². The summed E-state index contributed by atoms with van der Waals surface area (Å²) in [4.78, 5) is 12.4. The van der Waals surface area contributed by atoms with Gasteiger partial charge in [-0.15, -0.1) is 11.3 Å². The highest BCUT2D eigenvalue weighted by Gasteiger charge is 2.17. The Bertz CT molecular complexity index is 914. The molecule has 4 heterocycles. The average molecular weight is 349 g/mol. The number of nitriles is 1. The van der Waals surface area contributed by atoms with Crippen LogP contribution in [0.25, 0.3) is 21.8 Å². The predicted octanol–water partition coefficient (Wildman–Crippen LogP) is 3.85. The van der Waals surface area contributed by atoms with Gasteiger partial charge in [0.25, 0.3) is 0 Å². The predicted molar refractivity (Wildman–Crippen MR) is 101 cm³/mol. The van der Waals surface area contributed by atoms with E-state index in [1.165, 1.54) is 30.8 Å². The molecule has 0 saturated carbocycles. The minimum atomic E-state index is 0.277. The third kappa shape index (κ3) is 3.16. The first-order valence-corrected chi connectivity index (χ1v) is 9.22. The van der Waals surface area contributed by atoms with Crippen LogP contribution < -0.4 is 5.73 Å². The normalized spacial score (nSPS) is 14.7. The Balaban J connectivity index is 1.71. The Morgan fingerprint density at radius 1 is 1.28 bits per heavy atom. The summed E-state index contributed by atoms with van der Waals surface area (Å²) in [7, 11) is 0. The van der Waals surface area contributed by atoms with Gasteiger partial charge in [0, 0.05) is 28.1 Å². The highest BCUT2D eigenvalue weighted by molar-refractivity contribution is 7.15. The molecule has 3 N–H and O–H groups in total. The highest BCUT2D eigenvalue weighted by Crippen LogP contribution is 2.35. The fourth-order valence-electron chi connectivity index (χ4n) is 3.27. The lowest BCUT2D eigenvalue weighted by Gasteiger charge is -2.12. The van der Waals surface area contributed by atoms with Gasteiger partial charge in [-0.3, -0.25) is 4.90 Å². The Kier molecular flexibility index (Phi) is 4.26. The number of aromatic amines is 1. The SMILES string of the molecule is N#Cc1c(-c2ccc(CN3CCCC3)s2)cc(-c2ccc[nH]2)nc1N. The quantitative estimate of drug-likeness (QED) is 0.749. The van der Waals surface area contributed by atoms with Gasteiger partial charge in [0.15, 0.2) is 0 Å². The molecule has 25 heavy (non-hydrogen) atoms. The zero-order valence-corrected chi connectivity index (χ0v) is 14.6. The number of hydrogen-bond acceptors (Lipinski definition) is 5. The summed E-state index contributed by atoms with van der Waals surface area (Å²) < 4.78 is 0. The van der Waals surface area contributed by atoms with Gasteiger partial charge in [-0.2, -0.15) is 5.26 Å².